The molecule has 13 heavy (non-hydrogen) atoms. The second-order valence-electron chi connectivity index (χ2n) is 4.97. The van der Waals surface area contributed by atoms with Crippen molar-refractivity contribution in [2.75, 3.05) is 0 Å². The Morgan fingerprint density at radius 3 is 1.92 bits per heavy atom. The van der Waals surface area contributed by atoms with Gasteiger partial charge in [0.25, 0.3) is 0 Å². The third-order valence-electron chi connectivity index (χ3n) is 4.37. The van der Waals surface area contributed by atoms with Crippen molar-refractivity contribution in [3.8, 4) is 0 Å². The molecular weight excluding hydrogens is 158 g/mol. The highest BCUT2D eigenvalue weighted by Gasteiger charge is 2.32. The molecule has 1 rings (SSSR count). The lowest BCUT2D eigenvalue weighted by molar-refractivity contribution is 0.119. The van der Waals surface area contributed by atoms with Gasteiger partial charge in [0.1, 0.15) is 0 Å². The van der Waals surface area contributed by atoms with E-state index in [1.807, 2.05) is 0 Å². The Hall–Kier alpha value is -0.0400. The van der Waals surface area contributed by atoms with E-state index < -0.39 is 0 Å². The molecule has 0 atom stereocenters. The Morgan fingerprint density at radius 1 is 1.08 bits per heavy atom. The van der Waals surface area contributed by atoms with Gasteiger partial charge in [0, 0.05) is 6.04 Å². The first kappa shape index (κ1) is 11.0. The summed E-state index contributed by atoms with van der Waals surface area (Å²) >= 11 is 0. The second-order valence-corrected chi connectivity index (χ2v) is 4.97. The van der Waals surface area contributed by atoms with E-state index in [0.29, 0.717) is 11.5 Å². The summed E-state index contributed by atoms with van der Waals surface area (Å²) in [5.74, 6) is 0.933. The molecule has 0 amide bonds. The molecule has 2 N–H and O–H groups in total. The highest BCUT2D eigenvalue weighted by Crippen LogP contribution is 2.42. The Bertz CT molecular complexity index is 141. The van der Waals surface area contributed by atoms with Crippen molar-refractivity contribution in [1.82, 2.24) is 0 Å². The van der Waals surface area contributed by atoms with Crippen LogP contribution in [0.15, 0.2) is 0 Å². The maximum Gasteiger partial charge on any atom is 0.00390 e. The van der Waals surface area contributed by atoms with E-state index in [0.717, 1.165) is 5.92 Å². The normalized spacial score (nSPS) is 30.5. The lowest BCUT2D eigenvalue weighted by Crippen LogP contribution is -2.34. The van der Waals surface area contributed by atoms with Gasteiger partial charge in [-0.2, -0.15) is 0 Å². The van der Waals surface area contributed by atoms with Crippen LogP contribution >= 0.6 is 0 Å². The SMILES string of the molecule is CCC(C)(CC)C1CCC(N)CC1. The molecule has 1 aliphatic carbocycles. The van der Waals surface area contributed by atoms with Crippen LogP contribution in [-0.4, -0.2) is 6.04 Å². The predicted molar refractivity (Wildman–Crippen MR) is 58.6 cm³/mol. The van der Waals surface area contributed by atoms with E-state index in [9.17, 15) is 0 Å². The minimum Gasteiger partial charge on any atom is -0.328 e. The van der Waals surface area contributed by atoms with Crippen molar-refractivity contribution in [1.29, 1.82) is 0 Å². The minimum atomic E-state index is 0.495. The third-order valence-corrected chi connectivity index (χ3v) is 4.37. The maximum atomic E-state index is 5.92. The van der Waals surface area contributed by atoms with Crippen molar-refractivity contribution in [2.45, 2.75) is 65.3 Å². The number of nitrogens with two attached hydrogens (primary N) is 1. The van der Waals surface area contributed by atoms with Crippen molar-refractivity contribution in [3.63, 3.8) is 0 Å². The zero-order chi connectivity index (χ0) is 9.90. The smallest absolute Gasteiger partial charge is 0.00390 e. The summed E-state index contributed by atoms with van der Waals surface area (Å²) in [6, 6.07) is 0.495. The van der Waals surface area contributed by atoms with E-state index in [1.165, 1.54) is 38.5 Å². The van der Waals surface area contributed by atoms with Gasteiger partial charge in [-0.1, -0.05) is 33.6 Å². The zero-order valence-electron chi connectivity index (χ0n) is 9.47. The van der Waals surface area contributed by atoms with Gasteiger partial charge < -0.3 is 5.73 Å². The molecule has 0 aromatic rings. The highest BCUT2D eigenvalue weighted by molar-refractivity contribution is 4.85. The van der Waals surface area contributed by atoms with E-state index in [4.69, 9.17) is 5.73 Å². The van der Waals surface area contributed by atoms with Crippen LogP contribution in [0.25, 0.3) is 0 Å². The lowest BCUT2D eigenvalue weighted by Gasteiger charge is -2.40. The van der Waals surface area contributed by atoms with Gasteiger partial charge in [-0.05, 0) is 37.0 Å². The first-order chi connectivity index (χ1) is 6.12. The Morgan fingerprint density at radius 2 is 1.54 bits per heavy atom. The monoisotopic (exact) mass is 183 g/mol. The molecule has 1 fully saturated rings. The fourth-order valence-corrected chi connectivity index (χ4v) is 2.64. The summed E-state index contributed by atoms with van der Waals surface area (Å²) in [7, 11) is 0. The van der Waals surface area contributed by atoms with Gasteiger partial charge >= 0.3 is 0 Å². The van der Waals surface area contributed by atoms with Crippen LogP contribution in [0, 0.1) is 11.3 Å². The Balaban J connectivity index is 2.51. The van der Waals surface area contributed by atoms with E-state index in [2.05, 4.69) is 20.8 Å². The summed E-state index contributed by atoms with van der Waals surface area (Å²) in [5.41, 5.74) is 6.51. The topological polar surface area (TPSA) is 26.0 Å². The highest BCUT2D eigenvalue weighted by atomic mass is 14.6. The van der Waals surface area contributed by atoms with Gasteiger partial charge in [0.05, 0.1) is 0 Å². The van der Waals surface area contributed by atoms with Gasteiger partial charge in [0.15, 0.2) is 0 Å². The van der Waals surface area contributed by atoms with E-state index >= 15 is 0 Å². The molecule has 0 spiro atoms. The van der Waals surface area contributed by atoms with Gasteiger partial charge in [0.2, 0.25) is 0 Å². The van der Waals surface area contributed by atoms with E-state index in [-0.39, 0.29) is 0 Å². The zero-order valence-corrected chi connectivity index (χ0v) is 9.47. The number of hydrogen-bond acceptors (Lipinski definition) is 1. The molecule has 0 bridgehead atoms. The molecule has 0 aliphatic heterocycles. The van der Waals surface area contributed by atoms with Crippen molar-refractivity contribution in [3.05, 3.63) is 0 Å². The van der Waals surface area contributed by atoms with Crippen LogP contribution < -0.4 is 5.73 Å². The summed E-state index contributed by atoms with van der Waals surface area (Å²) in [6.45, 7) is 7.12. The van der Waals surface area contributed by atoms with Gasteiger partial charge in [-0.25, -0.2) is 0 Å². The van der Waals surface area contributed by atoms with Crippen LogP contribution in [0.2, 0.25) is 0 Å². The lowest BCUT2D eigenvalue weighted by atomic mass is 9.66. The fourth-order valence-electron chi connectivity index (χ4n) is 2.64. The van der Waals surface area contributed by atoms with Gasteiger partial charge in [-0.15, -0.1) is 0 Å². The summed E-state index contributed by atoms with van der Waals surface area (Å²) in [5, 5.41) is 0. The maximum absolute atomic E-state index is 5.92. The molecule has 0 aromatic heterocycles. The number of hydrogen-bond donors (Lipinski definition) is 1. The molecule has 0 heterocycles. The van der Waals surface area contributed by atoms with Crippen molar-refractivity contribution >= 4 is 0 Å². The largest absolute Gasteiger partial charge is 0.328 e. The number of rotatable bonds is 3. The van der Waals surface area contributed by atoms with Gasteiger partial charge in [-0.3, -0.25) is 0 Å². The van der Waals surface area contributed by atoms with Crippen LogP contribution in [-0.2, 0) is 0 Å². The van der Waals surface area contributed by atoms with Crippen LogP contribution in [0.1, 0.15) is 59.3 Å². The molecule has 1 aliphatic rings. The molecule has 0 aromatic carbocycles. The van der Waals surface area contributed by atoms with Crippen molar-refractivity contribution < 1.29 is 0 Å². The van der Waals surface area contributed by atoms with Crippen LogP contribution in [0.4, 0.5) is 0 Å². The molecular formula is C12H25N. The van der Waals surface area contributed by atoms with Crippen LogP contribution in [0.3, 0.4) is 0 Å². The standard InChI is InChI=1S/C12H25N/c1-4-12(3,5-2)10-6-8-11(13)9-7-10/h10-11H,4-9,13H2,1-3H3. The molecule has 1 nitrogen and oxygen atoms in total. The molecule has 1 heteroatoms. The summed E-state index contributed by atoms with van der Waals surface area (Å²) in [4.78, 5) is 0. The Kier molecular flexibility index (Phi) is 3.78. The average Bonchev–Trinajstić information content (AvgIpc) is 2.18. The van der Waals surface area contributed by atoms with Crippen LogP contribution in [0.5, 0.6) is 0 Å². The first-order valence-electron chi connectivity index (χ1n) is 5.88. The molecule has 78 valence electrons. The third kappa shape index (κ3) is 2.46. The average molecular weight is 183 g/mol. The molecule has 0 unspecified atom stereocenters. The quantitative estimate of drug-likeness (QED) is 0.713. The first-order valence-corrected chi connectivity index (χ1v) is 5.88. The second kappa shape index (κ2) is 4.45. The molecule has 0 radical (unpaired) electrons. The van der Waals surface area contributed by atoms with Crippen molar-refractivity contribution in [2.24, 2.45) is 17.1 Å². The molecule has 0 saturated heterocycles. The Labute approximate surface area is 83.1 Å². The minimum absolute atomic E-state index is 0.495. The fraction of sp³-hybridized carbons (Fsp3) is 1.00. The van der Waals surface area contributed by atoms with E-state index in [1.54, 1.807) is 0 Å². The summed E-state index contributed by atoms with van der Waals surface area (Å²) < 4.78 is 0. The molecule has 1 saturated carbocycles. The predicted octanol–water partition coefficient (Wildman–Crippen LogP) is 3.33. The summed E-state index contributed by atoms with van der Waals surface area (Å²) in [6.07, 6.45) is 7.87.